The number of ether oxygens (including phenoxy) is 2. The number of hydrogen-bond acceptors (Lipinski definition) is 11. The summed E-state index contributed by atoms with van der Waals surface area (Å²) in [4.78, 5) is 27.4. The van der Waals surface area contributed by atoms with E-state index in [1.165, 1.54) is 18.2 Å². The van der Waals surface area contributed by atoms with Gasteiger partial charge in [-0.3, -0.25) is 9.59 Å². The molecule has 2 heterocycles. The van der Waals surface area contributed by atoms with Crippen molar-refractivity contribution < 1.29 is 44.6 Å². The summed E-state index contributed by atoms with van der Waals surface area (Å²) in [5, 5.41) is 59.9. The van der Waals surface area contributed by atoms with Crippen molar-refractivity contribution in [2.45, 2.75) is 88.5 Å². The third kappa shape index (κ3) is 5.14. The van der Waals surface area contributed by atoms with Crippen molar-refractivity contribution in [2.24, 2.45) is 28.4 Å². The second-order valence-corrected chi connectivity index (χ2v) is 14.6. The van der Waals surface area contributed by atoms with Crippen molar-refractivity contribution in [3.63, 3.8) is 0 Å². The van der Waals surface area contributed by atoms with Gasteiger partial charge in [-0.2, -0.15) is 0 Å². The first-order valence-corrected chi connectivity index (χ1v) is 16.6. The van der Waals surface area contributed by atoms with Crippen molar-refractivity contribution in [2.75, 3.05) is 13.2 Å². The van der Waals surface area contributed by atoms with Gasteiger partial charge in [-0.15, -0.1) is 0 Å². The quantitative estimate of drug-likeness (QED) is 0.240. The van der Waals surface area contributed by atoms with Gasteiger partial charge in [-0.05, 0) is 80.1 Å². The molecule has 11 nitrogen and oxygen atoms in total. The van der Waals surface area contributed by atoms with Gasteiger partial charge < -0.3 is 46.1 Å². The molecular weight excluding hydrogens is 604 g/mol. The van der Waals surface area contributed by atoms with Gasteiger partial charge in [-0.25, -0.2) is 0 Å². The maximum absolute atomic E-state index is 13.8. The van der Waals surface area contributed by atoms with Crippen LogP contribution in [0.4, 0.5) is 0 Å². The van der Waals surface area contributed by atoms with Gasteiger partial charge in [0.1, 0.15) is 35.4 Å². The smallest absolute Gasteiger partial charge is 0.229 e. The molecule has 47 heavy (non-hydrogen) atoms. The van der Waals surface area contributed by atoms with E-state index >= 15 is 0 Å². The van der Waals surface area contributed by atoms with Gasteiger partial charge in [-0.1, -0.05) is 42.7 Å². The molecule has 2 saturated carbocycles. The van der Waals surface area contributed by atoms with Gasteiger partial charge in [0.15, 0.2) is 11.6 Å². The highest BCUT2D eigenvalue weighted by molar-refractivity contribution is 6.19. The van der Waals surface area contributed by atoms with Gasteiger partial charge >= 0.3 is 0 Å². The molecule has 4 aliphatic carbocycles. The third-order valence-corrected chi connectivity index (χ3v) is 11.7. The fourth-order valence-electron chi connectivity index (χ4n) is 9.42. The molecule has 1 aromatic carbocycles. The van der Waals surface area contributed by atoms with E-state index in [1.54, 1.807) is 19.1 Å². The Balaban J connectivity index is 1.24. The number of dihydropyridines is 1. The summed E-state index contributed by atoms with van der Waals surface area (Å²) in [5.74, 6) is -2.64. The van der Waals surface area contributed by atoms with Crippen LogP contribution in [0.5, 0.6) is 5.75 Å². The van der Waals surface area contributed by atoms with Gasteiger partial charge in [0, 0.05) is 12.1 Å². The first-order valence-electron chi connectivity index (χ1n) is 16.6. The van der Waals surface area contributed by atoms with E-state index in [2.05, 4.69) is 5.32 Å². The van der Waals surface area contributed by atoms with Crippen LogP contribution in [-0.4, -0.2) is 80.5 Å². The lowest BCUT2D eigenvalue weighted by Gasteiger charge is -2.51. The normalized spacial score (nSPS) is 37.7. The Morgan fingerprint density at radius 3 is 2.55 bits per heavy atom. The number of ketones is 2. The molecule has 0 aromatic heterocycles. The van der Waals surface area contributed by atoms with Crippen molar-refractivity contribution in [3.8, 4) is 5.75 Å². The molecule has 1 saturated heterocycles. The minimum atomic E-state index is -2.19. The molecular formula is C36H44N2O9. The predicted molar refractivity (Wildman–Crippen MR) is 170 cm³/mol. The number of rotatable bonds is 6. The number of benzene rings is 1. The fourth-order valence-corrected chi connectivity index (χ4v) is 9.42. The van der Waals surface area contributed by atoms with Gasteiger partial charge in [0.05, 0.1) is 29.8 Å². The Kier molecular flexibility index (Phi) is 7.91. The van der Waals surface area contributed by atoms with Crippen LogP contribution in [0.15, 0.2) is 65.2 Å². The number of allylic oxidation sites excluding steroid dienone is 6. The van der Waals surface area contributed by atoms with Crippen LogP contribution in [0.2, 0.25) is 0 Å². The zero-order chi connectivity index (χ0) is 33.3. The first kappa shape index (κ1) is 32.1. The summed E-state index contributed by atoms with van der Waals surface area (Å²) < 4.78 is 12.0. The summed E-state index contributed by atoms with van der Waals surface area (Å²) in [6, 6.07) is 4.52. The Morgan fingerprint density at radius 1 is 1.06 bits per heavy atom. The van der Waals surface area contributed by atoms with Crippen LogP contribution < -0.4 is 15.8 Å². The molecule has 1 aromatic rings. The van der Waals surface area contributed by atoms with E-state index in [-0.39, 0.29) is 40.3 Å². The zero-order valence-corrected chi connectivity index (χ0v) is 26.5. The average molecular weight is 649 g/mol. The SMILES string of the molecule is CC1=C[C@@H]2C(=O)c3cccc(O[C@@H]4O[C@H](CO)[C@@H](O)[C@@](O)(C[C@]5(C6=CCNC(N)=C6)CCC6(CCCC6)C5)[C@H]4O)c3C(=O)[C@@H]2C(O)=C1. The fraction of sp³-hybridized carbons (Fsp3) is 0.556. The molecule has 252 valence electrons. The molecule has 2 aliphatic heterocycles. The molecule has 0 radical (unpaired) electrons. The Hall–Kier alpha value is -3.48. The number of aliphatic hydroxyl groups is 5. The molecule has 7 rings (SSSR count). The Morgan fingerprint density at radius 2 is 1.83 bits per heavy atom. The number of nitrogens with one attached hydrogen (secondary N) is 1. The van der Waals surface area contributed by atoms with Crippen LogP contribution >= 0.6 is 0 Å². The van der Waals surface area contributed by atoms with Crippen LogP contribution in [0.1, 0.15) is 79.0 Å². The number of carbonyl (C=O) groups excluding carboxylic acids is 2. The van der Waals surface area contributed by atoms with Gasteiger partial charge in [0.25, 0.3) is 0 Å². The highest BCUT2D eigenvalue weighted by atomic mass is 16.7. The summed E-state index contributed by atoms with van der Waals surface area (Å²) in [6.45, 7) is 1.58. The topological polar surface area (TPSA) is 192 Å². The standard InChI is InChI=1S/C36H44N2O9/c1-19-13-22-27(23(40)14-19)30(42)28-21(29(22)41)5-4-6-24(28)46-33-32(44)36(45,31(43)25(16-39)47-33)18-35(20-7-12-38-26(37)15-20)11-10-34(17-35)8-2-3-9-34/h4-7,13-15,22,25,27,31-33,38-40,43-45H,2-3,8-12,16-18,37H2,1H3/t22-,25+,27-,31+,32-,33+,35-,36-/m0/s1. The van der Waals surface area contributed by atoms with Crippen LogP contribution in [0.3, 0.4) is 0 Å². The summed E-state index contributed by atoms with van der Waals surface area (Å²) in [6.07, 6.45) is 7.39. The van der Waals surface area contributed by atoms with Crippen LogP contribution in [0.25, 0.3) is 0 Å². The van der Waals surface area contributed by atoms with E-state index < -0.39 is 59.8 Å². The molecule has 0 unspecified atom stereocenters. The lowest BCUT2D eigenvalue weighted by Crippen LogP contribution is -2.69. The molecule has 3 fully saturated rings. The largest absolute Gasteiger partial charge is 0.511 e. The Bertz CT molecular complexity index is 1610. The number of fused-ring (bicyclic) bond motifs is 2. The number of aliphatic hydroxyl groups excluding tert-OH is 4. The van der Waals surface area contributed by atoms with E-state index in [0.29, 0.717) is 17.9 Å². The third-order valence-electron chi connectivity index (χ3n) is 11.7. The number of nitrogens with two attached hydrogens (primary N) is 1. The molecule has 8 atom stereocenters. The minimum Gasteiger partial charge on any atom is -0.511 e. The van der Waals surface area contributed by atoms with Crippen molar-refractivity contribution in [3.05, 3.63) is 76.4 Å². The second-order valence-electron chi connectivity index (χ2n) is 14.6. The predicted octanol–water partition coefficient (Wildman–Crippen LogP) is 2.70. The lowest BCUT2D eigenvalue weighted by molar-refractivity contribution is -0.319. The molecule has 6 aliphatic rings. The van der Waals surface area contributed by atoms with Gasteiger partial charge in [0.2, 0.25) is 6.29 Å². The number of Topliss-reactive ketones (excluding diaryl/α,β-unsaturated/α-hetero) is 2. The van der Waals surface area contributed by atoms with Crippen molar-refractivity contribution in [1.29, 1.82) is 0 Å². The maximum Gasteiger partial charge on any atom is 0.229 e. The second kappa shape index (κ2) is 11.6. The van der Waals surface area contributed by atoms with Crippen molar-refractivity contribution >= 4 is 11.6 Å². The summed E-state index contributed by atoms with van der Waals surface area (Å²) in [7, 11) is 0. The van der Waals surface area contributed by atoms with E-state index in [9.17, 15) is 35.1 Å². The molecule has 1 spiro atoms. The molecule has 0 amide bonds. The highest BCUT2D eigenvalue weighted by Gasteiger charge is 2.62. The molecule has 0 bridgehead atoms. The van der Waals surface area contributed by atoms with E-state index in [4.69, 9.17) is 15.2 Å². The maximum atomic E-state index is 13.8. The number of carbonyl (C=O) groups is 2. The van der Waals surface area contributed by atoms with E-state index in [0.717, 1.165) is 50.5 Å². The summed E-state index contributed by atoms with van der Waals surface area (Å²) >= 11 is 0. The highest BCUT2D eigenvalue weighted by Crippen LogP contribution is 2.63. The monoisotopic (exact) mass is 648 g/mol. The first-order chi connectivity index (χ1) is 22.4. The van der Waals surface area contributed by atoms with Crippen LogP contribution in [0, 0.1) is 22.7 Å². The lowest BCUT2D eigenvalue weighted by atomic mass is 9.64. The summed E-state index contributed by atoms with van der Waals surface area (Å²) in [5.41, 5.74) is 5.14. The van der Waals surface area contributed by atoms with Crippen molar-refractivity contribution in [1.82, 2.24) is 5.32 Å². The minimum absolute atomic E-state index is 0.0438. The van der Waals surface area contributed by atoms with E-state index in [1.807, 2.05) is 12.2 Å². The van der Waals surface area contributed by atoms with Crippen LogP contribution in [-0.2, 0) is 4.74 Å². The Labute approximate surface area is 273 Å². The molecule has 11 heteroatoms. The zero-order valence-electron chi connectivity index (χ0n) is 26.5. The number of hydrogen-bond donors (Lipinski definition) is 7. The molecule has 8 N–H and O–H groups in total. The average Bonchev–Trinajstić information content (AvgIpc) is 3.66.